The van der Waals surface area contributed by atoms with Crippen molar-refractivity contribution in [1.82, 2.24) is 14.8 Å². The van der Waals surface area contributed by atoms with Crippen molar-refractivity contribution in [3.8, 4) is 0 Å². The molecule has 1 aliphatic heterocycles. The van der Waals surface area contributed by atoms with Crippen LogP contribution >= 0.6 is 0 Å². The van der Waals surface area contributed by atoms with E-state index in [0.29, 0.717) is 11.3 Å². The van der Waals surface area contributed by atoms with Crippen LogP contribution in [0, 0.1) is 0 Å². The van der Waals surface area contributed by atoms with Crippen molar-refractivity contribution in [3.63, 3.8) is 0 Å². The van der Waals surface area contributed by atoms with E-state index in [0.717, 1.165) is 15.4 Å². The summed E-state index contributed by atoms with van der Waals surface area (Å²) in [6.45, 7) is 0.217. The van der Waals surface area contributed by atoms with E-state index in [1.165, 1.54) is 19.4 Å². The highest BCUT2D eigenvalue weighted by molar-refractivity contribution is 6.04. The lowest BCUT2D eigenvalue weighted by Crippen LogP contribution is -2.37. The molecule has 1 aliphatic rings. The zero-order valence-corrected chi connectivity index (χ0v) is 14.1. The van der Waals surface area contributed by atoms with Crippen LogP contribution in [-0.2, 0) is 24.4 Å². The molecule has 2 heterocycles. The number of nitrogens with zero attached hydrogens (tertiary/aromatic N) is 3. The highest BCUT2D eigenvalue weighted by Gasteiger charge is 2.32. The molecule has 0 saturated heterocycles. The van der Waals surface area contributed by atoms with E-state index in [9.17, 15) is 19.5 Å². The number of hydrogen-bond donors (Lipinski definition) is 1. The number of pyridine rings is 1. The van der Waals surface area contributed by atoms with Gasteiger partial charge in [-0.1, -0.05) is 30.3 Å². The van der Waals surface area contributed by atoms with Crippen molar-refractivity contribution < 1.29 is 24.2 Å². The fourth-order valence-corrected chi connectivity index (χ4v) is 2.85. The van der Waals surface area contributed by atoms with Gasteiger partial charge in [-0.05, 0) is 11.6 Å². The number of imide groups is 1. The fourth-order valence-electron chi connectivity index (χ4n) is 2.85. The van der Waals surface area contributed by atoms with Gasteiger partial charge in [0.05, 0.1) is 32.4 Å². The molecular formula is C18H17N3O5. The number of carbonyl (C=O) groups is 3. The summed E-state index contributed by atoms with van der Waals surface area (Å²) in [5.41, 5.74) is 2.05. The van der Waals surface area contributed by atoms with Crippen LogP contribution in [-0.4, -0.2) is 45.1 Å². The summed E-state index contributed by atoms with van der Waals surface area (Å²) in [4.78, 5) is 42.7. The summed E-state index contributed by atoms with van der Waals surface area (Å²) in [5, 5.41) is 9.17. The molecule has 8 nitrogen and oxygen atoms in total. The van der Waals surface area contributed by atoms with Crippen molar-refractivity contribution in [1.29, 1.82) is 0 Å². The van der Waals surface area contributed by atoms with Gasteiger partial charge < -0.3 is 9.84 Å². The number of benzene rings is 1. The number of methoxy groups -OCH3 is 1. The minimum absolute atomic E-state index is 0.0477. The van der Waals surface area contributed by atoms with E-state index in [1.54, 1.807) is 12.1 Å². The average Bonchev–Trinajstić information content (AvgIpc) is 3.10. The minimum atomic E-state index is -1.09. The quantitative estimate of drug-likeness (QED) is 0.908. The summed E-state index contributed by atoms with van der Waals surface area (Å²) in [7, 11) is 1.21. The molecule has 3 rings (SSSR count). The average molecular weight is 355 g/mol. The molecule has 0 atom stereocenters. The third-order valence-electron chi connectivity index (χ3n) is 4.16. The Morgan fingerprint density at radius 3 is 2.58 bits per heavy atom. The summed E-state index contributed by atoms with van der Waals surface area (Å²) < 4.78 is 4.75. The molecule has 0 unspecified atom stereocenters. The van der Waals surface area contributed by atoms with Crippen molar-refractivity contribution in [2.75, 3.05) is 7.11 Å². The van der Waals surface area contributed by atoms with Crippen LogP contribution in [0.2, 0.25) is 0 Å². The summed E-state index contributed by atoms with van der Waals surface area (Å²) in [6, 6.07) is 10.5. The first-order valence-corrected chi connectivity index (χ1v) is 7.89. The number of carboxylic acid groups (broad SMARTS) is 1. The first-order chi connectivity index (χ1) is 12.5. The number of hydrogen-bond acceptors (Lipinski definition) is 5. The van der Waals surface area contributed by atoms with Crippen molar-refractivity contribution >= 4 is 18.1 Å². The van der Waals surface area contributed by atoms with E-state index < -0.39 is 18.1 Å². The molecule has 0 aliphatic carbocycles. The smallest absolute Gasteiger partial charge is 0.416 e. The summed E-state index contributed by atoms with van der Waals surface area (Å²) in [5.74, 6) is -0.549. The highest BCUT2D eigenvalue weighted by atomic mass is 16.5. The molecule has 1 N–H and O–H groups in total. The van der Waals surface area contributed by atoms with Gasteiger partial charge in [-0.2, -0.15) is 0 Å². The van der Waals surface area contributed by atoms with Crippen LogP contribution in [0.5, 0.6) is 0 Å². The maximum absolute atomic E-state index is 13.0. The fraction of sp³-hybridized carbons (Fsp3) is 0.222. The molecule has 0 spiro atoms. The minimum Gasteiger partial charge on any atom is -0.465 e. The van der Waals surface area contributed by atoms with E-state index in [2.05, 4.69) is 4.98 Å². The van der Waals surface area contributed by atoms with Crippen LogP contribution in [0.15, 0.2) is 42.6 Å². The number of aromatic nitrogens is 1. The number of fused-ring (bicyclic) bond motifs is 1. The number of rotatable bonds is 3. The lowest BCUT2D eigenvalue weighted by Gasteiger charge is -2.20. The molecule has 1 aromatic heterocycles. The van der Waals surface area contributed by atoms with Gasteiger partial charge in [-0.15, -0.1) is 0 Å². The zero-order valence-electron chi connectivity index (χ0n) is 14.1. The van der Waals surface area contributed by atoms with Crippen LogP contribution < -0.4 is 0 Å². The molecule has 0 bridgehead atoms. The van der Waals surface area contributed by atoms with Gasteiger partial charge in [0.1, 0.15) is 0 Å². The maximum atomic E-state index is 13.0. The Balaban J connectivity index is 1.93. The Morgan fingerprint density at radius 1 is 1.19 bits per heavy atom. The number of amides is 3. The first kappa shape index (κ1) is 17.4. The second kappa shape index (κ2) is 7.22. The molecule has 0 saturated carbocycles. The first-order valence-electron chi connectivity index (χ1n) is 7.89. The van der Waals surface area contributed by atoms with Crippen LogP contribution in [0.3, 0.4) is 0 Å². The molecule has 134 valence electrons. The molecule has 0 radical (unpaired) electrons. The van der Waals surface area contributed by atoms with Crippen molar-refractivity contribution in [2.24, 2.45) is 0 Å². The van der Waals surface area contributed by atoms with E-state index in [4.69, 9.17) is 4.74 Å². The van der Waals surface area contributed by atoms with Gasteiger partial charge in [-0.25, -0.2) is 14.5 Å². The molecule has 1 aromatic carbocycles. The van der Waals surface area contributed by atoms with Crippen molar-refractivity contribution in [2.45, 2.75) is 19.6 Å². The molecule has 8 heteroatoms. The van der Waals surface area contributed by atoms with E-state index in [-0.39, 0.29) is 25.2 Å². The molecule has 3 amide bonds. The number of ether oxygens (including phenoxy) is 1. The summed E-state index contributed by atoms with van der Waals surface area (Å²) in [6.07, 6.45) is -0.428. The topological polar surface area (TPSA) is 100 Å². The predicted molar refractivity (Wildman–Crippen MR) is 90.2 cm³/mol. The van der Waals surface area contributed by atoms with Gasteiger partial charge >= 0.3 is 12.2 Å². The van der Waals surface area contributed by atoms with Crippen LogP contribution in [0.1, 0.15) is 27.2 Å². The Labute approximate surface area is 149 Å². The molecular weight excluding hydrogens is 338 g/mol. The third kappa shape index (κ3) is 3.34. The normalized spacial score (nSPS) is 12.4. The van der Waals surface area contributed by atoms with Crippen molar-refractivity contribution in [3.05, 3.63) is 65.0 Å². The monoisotopic (exact) mass is 355 g/mol. The summed E-state index contributed by atoms with van der Waals surface area (Å²) >= 11 is 0. The Bertz CT molecular complexity index is 853. The Kier molecular flexibility index (Phi) is 4.83. The van der Waals surface area contributed by atoms with Crippen LogP contribution in [0.25, 0.3) is 0 Å². The molecule has 2 aromatic rings. The van der Waals surface area contributed by atoms with Gasteiger partial charge in [-0.3, -0.25) is 14.7 Å². The molecule has 26 heavy (non-hydrogen) atoms. The van der Waals surface area contributed by atoms with E-state index in [1.807, 2.05) is 18.2 Å². The Hall–Kier alpha value is -3.42. The van der Waals surface area contributed by atoms with E-state index >= 15 is 0 Å². The van der Waals surface area contributed by atoms with Gasteiger partial charge in [0, 0.05) is 17.3 Å². The molecule has 0 fully saturated rings. The highest BCUT2D eigenvalue weighted by Crippen LogP contribution is 2.25. The maximum Gasteiger partial charge on any atom is 0.416 e. The van der Waals surface area contributed by atoms with Gasteiger partial charge in [0.25, 0.3) is 5.91 Å². The second-order valence-corrected chi connectivity index (χ2v) is 5.77. The second-order valence-electron chi connectivity index (χ2n) is 5.77. The zero-order chi connectivity index (χ0) is 18.7. The standard InChI is InChI=1S/C18H17N3O5/c1-26-18(25)21(9-12-5-3-2-4-6-12)16(22)13-7-8-19-15-11-20(17(23)24)10-14(13)15/h2-8H,9-11H2,1H3,(H,23,24). The Morgan fingerprint density at radius 2 is 1.92 bits per heavy atom. The lowest BCUT2D eigenvalue weighted by atomic mass is 10.1. The predicted octanol–water partition coefficient (Wildman–Crippen LogP) is 2.48. The van der Waals surface area contributed by atoms with Gasteiger partial charge in [0.2, 0.25) is 0 Å². The third-order valence-corrected chi connectivity index (χ3v) is 4.16. The largest absolute Gasteiger partial charge is 0.465 e. The van der Waals surface area contributed by atoms with Crippen LogP contribution in [0.4, 0.5) is 9.59 Å². The van der Waals surface area contributed by atoms with Gasteiger partial charge in [0.15, 0.2) is 0 Å². The SMILES string of the molecule is COC(=O)N(Cc1ccccc1)C(=O)c1ccnc2c1CN(C(=O)O)C2. The lowest BCUT2D eigenvalue weighted by molar-refractivity contribution is 0.0691. The number of carbonyl (C=O) groups excluding carboxylic acids is 2.